The number of carbonyl (C=O) groups excluding carboxylic acids is 1. The van der Waals surface area contributed by atoms with Crippen LogP contribution in [0, 0.1) is 6.92 Å². The van der Waals surface area contributed by atoms with E-state index in [1.54, 1.807) is 12.1 Å². The summed E-state index contributed by atoms with van der Waals surface area (Å²) in [5.41, 5.74) is 2.06. The molecule has 21 heavy (non-hydrogen) atoms. The molecule has 0 unspecified atom stereocenters. The number of hydrogen-bond donors (Lipinski definition) is 1. The topological polar surface area (TPSA) is 38.3 Å². The van der Waals surface area contributed by atoms with E-state index in [9.17, 15) is 4.79 Å². The second-order valence-electron chi connectivity index (χ2n) is 4.60. The second-order valence-corrected chi connectivity index (χ2v) is 5.89. The van der Waals surface area contributed by atoms with Gasteiger partial charge in [-0.3, -0.25) is 4.79 Å². The number of ether oxygens (including phenoxy) is 1. The largest absolute Gasteiger partial charge is 0.484 e. The van der Waals surface area contributed by atoms with Gasteiger partial charge in [-0.2, -0.15) is 0 Å². The van der Waals surface area contributed by atoms with Crippen LogP contribution in [0.5, 0.6) is 5.75 Å². The highest BCUT2D eigenvalue weighted by Gasteiger charge is 2.04. The fraction of sp³-hybridized carbons (Fsp3) is 0.188. The Kier molecular flexibility index (Phi) is 5.65. The van der Waals surface area contributed by atoms with Crippen molar-refractivity contribution < 1.29 is 9.53 Å². The maximum Gasteiger partial charge on any atom is 0.258 e. The van der Waals surface area contributed by atoms with Crippen LogP contribution in [-0.4, -0.2) is 12.5 Å². The molecule has 3 nitrogen and oxygen atoms in total. The second kappa shape index (κ2) is 7.48. The number of hydrogen-bond acceptors (Lipinski definition) is 2. The van der Waals surface area contributed by atoms with Crippen molar-refractivity contribution >= 4 is 33.4 Å². The smallest absolute Gasteiger partial charge is 0.258 e. The zero-order chi connectivity index (χ0) is 15.2. The summed E-state index contributed by atoms with van der Waals surface area (Å²) in [6, 6.07) is 13.0. The van der Waals surface area contributed by atoms with E-state index in [-0.39, 0.29) is 12.5 Å². The highest BCUT2D eigenvalue weighted by molar-refractivity contribution is 9.10. The first kappa shape index (κ1) is 15.9. The molecule has 0 spiro atoms. The molecule has 0 saturated heterocycles. The zero-order valence-electron chi connectivity index (χ0n) is 11.5. The van der Waals surface area contributed by atoms with E-state index in [4.69, 9.17) is 16.3 Å². The standard InChI is InChI=1S/C16H15BrClNO2/c1-11-8-14(6-7-15(11)17)21-10-16(20)19-9-12-2-4-13(18)5-3-12/h2-8H,9-10H2,1H3,(H,19,20). The summed E-state index contributed by atoms with van der Waals surface area (Å²) in [4.78, 5) is 11.7. The van der Waals surface area contributed by atoms with Crippen molar-refractivity contribution in [2.24, 2.45) is 0 Å². The Morgan fingerprint density at radius 3 is 2.62 bits per heavy atom. The fourth-order valence-electron chi connectivity index (χ4n) is 1.71. The van der Waals surface area contributed by atoms with E-state index in [0.717, 1.165) is 15.6 Å². The van der Waals surface area contributed by atoms with Gasteiger partial charge in [-0.05, 0) is 48.4 Å². The number of nitrogens with one attached hydrogen (secondary N) is 1. The van der Waals surface area contributed by atoms with E-state index < -0.39 is 0 Å². The monoisotopic (exact) mass is 367 g/mol. The molecule has 1 amide bonds. The maximum atomic E-state index is 11.7. The Balaban J connectivity index is 1.79. The van der Waals surface area contributed by atoms with Gasteiger partial charge in [-0.15, -0.1) is 0 Å². The van der Waals surface area contributed by atoms with Crippen LogP contribution in [0.15, 0.2) is 46.9 Å². The summed E-state index contributed by atoms with van der Waals surface area (Å²) in [7, 11) is 0. The summed E-state index contributed by atoms with van der Waals surface area (Å²) < 4.78 is 6.47. The molecule has 110 valence electrons. The first-order chi connectivity index (χ1) is 10.0. The highest BCUT2D eigenvalue weighted by atomic mass is 79.9. The van der Waals surface area contributed by atoms with Gasteiger partial charge in [-0.1, -0.05) is 39.7 Å². The van der Waals surface area contributed by atoms with Crippen molar-refractivity contribution in [3.05, 3.63) is 63.1 Å². The quantitative estimate of drug-likeness (QED) is 0.862. The van der Waals surface area contributed by atoms with Crippen LogP contribution in [0.2, 0.25) is 5.02 Å². The van der Waals surface area contributed by atoms with Crippen LogP contribution < -0.4 is 10.1 Å². The molecule has 0 atom stereocenters. The molecule has 0 bridgehead atoms. The lowest BCUT2D eigenvalue weighted by atomic mass is 10.2. The lowest BCUT2D eigenvalue weighted by molar-refractivity contribution is -0.123. The van der Waals surface area contributed by atoms with Gasteiger partial charge in [0.2, 0.25) is 0 Å². The van der Waals surface area contributed by atoms with Gasteiger partial charge >= 0.3 is 0 Å². The molecule has 0 aliphatic heterocycles. The molecule has 2 rings (SSSR count). The van der Waals surface area contributed by atoms with Gasteiger partial charge in [0.15, 0.2) is 6.61 Å². The number of rotatable bonds is 5. The van der Waals surface area contributed by atoms with E-state index >= 15 is 0 Å². The van der Waals surface area contributed by atoms with Gasteiger partial charge in [-0.25, -0.2) is 0 Å². The van der Waals surface area contributed by atoms with Gasteiger partial charge in [0.1, 0.15) is 5.75 Å². The Labute approximate surface area is 137 Å². The van der Waals surface area contributed by atoms with Crippen LogP contribution >= 0.6 is 27.5 Å². The zero-order valence-corrected chi connectivity index (χ0v) is 13.9. The van der Waals surface area contributed by atoms with E-state index in [1.165, 1.54) is 0 Å². The molecule has 0 aliphatic rings. The average Bonchev–Trinajstić information content (AvgIpc) is 2.48. The minimum Gasteiger partial charge on any atom is -0.484 e. The first-order valence-corrected chi connectivity index (χ1v) is 7.62. The molecule has 2 aromatic carbocycles. The predicted molar refractivity (Wildman–Crippen MR) is 87.7 cm³/mol. The van der Waals surface area contributed by atoms with Gasteiger partial charge in [0, 0.05) is 16.0 Å². The minimum absolute atomic E-state index is 0.00530. The van der Waals surface area contributed by atoms with Crippen molar-refractivity contribution in [2.45, 2.75) is 13.5 Å². The van der Waals surface area contributed by atoms with Crippen LogP contribution in [0.1, 0.15) is 11.1 Å². The van der Waals surface area contributed by atoms with Gasteiger partial charge in [0.05, 0.1) is 0 Å². The lowest BCUT2D eigenvalue weighted by Crippen LogP contribution is -2.28. The van der Waals surface area contributed by atoms with Gasteiger partial charge in [0.25, 0.3) is 5.91 Å². The number of amides is 1. The van der Waals surface area contributed by atoms with Crippen LogP contribution in [0.25, 0.3) is 0 Å². The molecule has 0 aromatic heterocycles. The van der Waals surface area contributed by atoms with Crippen molar-refractivity contribution in [3.63, 3.8) is 0 Å². The normalized spacial score (nSPS) is 10.2. The van der Waals surface area contributed by atoms with Crippen molar-refractivity contribution in [1.82, 2.24) is 5.32 Å². The molecule has 0 aliphatic carbocycles. The third kappa shape index (κ3) is 5.06. The lowest BCUT2D eigenvalue weighted by Gasteiger charge is -2.09. The van der Waals surface area contributed by atoms with Crippen LogP contribution in [-0.2, 0) is 11.3 Å². The number of halogens is 2. The third-order valence-electron chi connectivity index (χ3n) is 2.90. The Morgan fingerprint density at radius 2 is 1.95 bits per heavy atom. The van der Waals surface area contributed by atoms with Crippen molar-refractivity contribution in [3.8, 4) is 5.75 Å². The third-order valence-corrected chi connectivity index (χ3v) is 4.04. The van der Waals surface area contributed by atoms with Crippen molar-refractivity contribution in [2.75, 3.05) is 6.61 Å². The number of carbonyl (C=O) groups is 1. The maximum absolute atomic E-state index is 11.7. The predicted octanol–water partition coefficient (Wildman–Crippen LogP) is 4.11. The SMILES string of the molecule is Cc1cc(OCC(=O)NCc2ccc(Cl)cc2)ccc1Br. The Hall–Kier alpha value is -1.52. The average molecular weight is 369 g/mol. The molecule has 0 heterocycles. The van der Waals surface area contributed by atoms with E-state index in [0.29, 0.717) is 17.3 Å². The molecule has 0 fully saturated rings. The van der Waals surface area contributed by atoms with Crippen molar-refractivity contribution in [1.29, 1.82) is 0 Å². The van der Waals surface area contributed by atoms with Crippen LogP contribution in [0.4, 0.5) is 0 Å². The molecule has 2 aromatic rings. The summed E-state index contributed by atoms with van der Waals surface area (Å²) in [5, 5.41) is 3.48. The summed E-state index contributed by atoms with van der Waals surface area (Å²) >= 11 is 9.23. The molecular weight excluding hydrogens is 354 g/mol. The summed E-state index contributed by atoms with van der Waals surface area (Å²) in [5.74, 6) is 0.517. The summed E-state index contributed by atoms with van der Waals surface area (Å²) in [6.07, 6.45) is 0. The molecule has 0 radical (unpaired) electrons. The van der Waals surface area contributed by atoms with E-state index in [2.05, 4.69) is 21.2 Å². The van der Waals surface area contributed by atoms with Gasteiger partial charge < -0.3 is 10.1 Å². The number of benzene rings is 2. The highest BCUT2D eigenvalue weighted by Crippen LogP contribution is 2.21. The molecule has 5 heteroatoms. The van der Waals surface area contributed by atoms with E-state index in [1.807, 2.05) is 37.3 Å². The number of aryl methyl sites for hydroxylation is 1. The first-order valence-electron chi connectivity index (χ1n) is 6.44. The molecule has 1 N–H and O–H groups in total. The molecular formula is C16H15BrClNO2. The minimum atomic E-state index is -0.162. The van der Waals surface area contributed by atoms with Crippen LogP contribution in [0.3, 0.4) is 0 Å². The Morgan fingerprint density at radius 1 is 1.24 bits per heavy atom. The Bertz CT molecular complexity index is 629. The molecule has 0 saturated carbocycles. The fourth-order valence-corrected chi connectivity index (χ4v) is 2.08. The summed E-state index contributed by atoms with van der Waals surface area (Å²) in [6.45, 7) is 2.42.